The van der Waals surface area contributed by atoms with E-state index in [2.05, 4.69) is 15.5 Å². The quantitative estimate of drug-likeness (QED) is 0.309. The van der Waals surface area contributed by atoms with Gasteiger partial charge in [0.2, 0.25) is 5.91 Å². The molecular formula is C22H14ClN3O2S2. The van der Waals surface area contributed by atoms with Crippen LogP contribution in [0.2, 0.25) is 5.02 Å². The minimum absolute atomic E-state index is 0.143. The van der Waals surface area contributed by atoms with E-state index in [9.17, 15) is 4.79 Å². The van der Waals surface area contributed by atoms with Gasteiger partial charge in [0.1, 0.15) is 4.88 Å². The van der Waals surface area contributed by atoms with Gasteiger partial charge in [0, 0.05) is 21.2 Å². The topological polar surface area (TPSA) is 68.0 Å². The lowest BCUT2D eigenvalue weighted by molar-refractivity contribution is -0.113. The number of anilines is 1. The maximum atomic E-state index is 12.4. The molecule has 30 heavy (non-hydrogen) atoms. The second-order valence-corrected chi connectivity index (χ2v) is 8.83. The number of halogens is 1. The molecule has 8 heteroatoms. The van der Waals surface area contributed by atoms with E-state index < -0.39 is 0 Å². The van der Waals surface area contributed by atoms with Crippen molar-refractivity contribution in [1.29, 1.82) is 0 Å². The van der Waals surface area contributed by atoms with E-state index in [0.717, 1.165) is 31.4 Å². The highest BCUT2D eigenvalue weighted by atomic mass is 35.5. The van der Waals surface area contributed by atoms with Crippen LogP contribution in [0.15, 0.2) is 76.4 Å². The molecule has 0 aliphatic rings. The van der Waals surface area contributed by atoms with E-state index in [1.54, 1.807) is 0 Å². The number of fused-ring (bicyclic) bond motifs is 2. The Morgan fingerprint density at radius 1 is 1.00 bits per heavy atom. The standard InChI is InChI=1S/C22H14ClN3O2S2/c23-19-15-9-3-4-11-17(15)30-20(19)21-25-26-22(28-21)29-12-18(27)24-16-10-5-7-13-6-1-2-8-14(13)16/h1-11H,12H2,(H,24,27). The van der Waals surface area contributed by atoms with E-state index in [0.29, 0.717) is 16.1 Å². The van der Waals surface area contributed by atoms with Gasteiger partial charge in [-0.15, -0.1) is 21.5 Å². The summed E-state index contributed by atoms with van der Waals surface area (Å²) in [5.74, 6) is 0.375. The zero-order chi connectivity index (χ0) is 20.5. The lowest BCUT2D eigenvalue weighted by Crippen LogP contribution is -2.14. The van der Waals surface area contributed by atoms with Crippen LogP contribution in [0.25, 0.3) is 31.6 Å². The van der Waals surface area contributed by atoms with Crippen LogP contribution < -0.4 is 5.32 Å². The minimum atomic E-state index is -0.143. The normalized spacial score (nSPS) is 11.2. The van der Waals surface area contributed by atoms with Crippen molar-refractivity contribution in [3.8, 4) is 10.8 Å². The summed E-state index contributed by atoms with van der Waals surface area (Å²) in [6, 6.07) is 21.6. The Bertz CT molecular complexity index is 1370. The van der Waals surface area contributed by atoms with Crippen molar-refractivity contribution in [2.24, 2.45) is 0 Å². The first-order chi connectivity index (χ1) is 14.7. The van der Waals surface area contributed by atoms with Crippen LogP contribution in [-0.4, -0.2) is 21.9 Å². The lowest BCUT2D eigenvalue weighted by Gasteiger charge is -2.07. The summed E-state index contributed by atoms with van der Waals surface area (Å²) in [5.41, 5.74) is 0.780. The van der Waals surface area contributed by atoms with Gasteiger partial charge in [-0.05, 0) is 17.5 Å². The van der Waals surface area contributed by atoms with Gasteiger partial charge in [0.05, 0.1) is 10.8 Å². The number of hydrogen-bond acceptors (Lipinski definition) is 6. The lowest BCUT2D eigenvalue weighted by atomic mass is 10.1. The van der Waals surface area contributed by atoms with E-state index in [1.807, 2.05) is 66.7 Å². The Morgan fingerprint density at radius 3 is 2.63 bits per heavy atom. The molecule has 0 saturated heterocycles. The first kappa shape index (κ1) is 19.1. The van der Waals surface area contributed by atoms with Crippen LogP contribution in [0.3, 0.4) is 0 Å². The molecule has 3 aromatic carbocycles. The first-order valence-corrected chi connectivity index (χ1v) is 11.3. The van der Waals surface area contributed by atoms with Gasteiger partial charge < -0.3 is 9.73 Å². The van der Waals surface area contributed by atoms with Crippen molar-refractivity contribution in [2.75, 3.05) is 11.1 Å². The molecule has 148 valence electrons. The van der Waals surface area contributed by atoms with E-state index in [-0.39, 0.29) is 11.7 Å². The smallest absolute Gasteiger partial charge is 0.277 e. The summed E-state index contributed by atoms with van der Waals surface area (Å²) in [7, 11) is 0. The number of thiophene rings is 1. The van der Waals surface area contributed by atoms with Crippen LogP contribution in [0, 0.1) is 0 Å². The summed E-state index contributed by atoms with van der Waals surface area (Å²) in [6.07, 6.45) is 0. The zero-order valence-corrected chi connectivity index (χ0v) is 17.9. The molecule has 0 bridgehead atoms. The number of amides is 1. The van der Waals surface area contributed by atoms with E-state index >= 15 is 0 Å². The fraction of sp³-hybridized carbons (Fsp3) is 0.0455. The van der Waals surface area contributed by atoms with Gasteiger partial charge in [0.15, 0.2) is 0 Å². The zero-order valence-electron chi connectivity index (χ0n) is 15.5. The van der Waals surface area contributed by atoms with E-state index in [4.69, 9.17) is 16.0 Å². The van der Waals surface area contributed by atoms with Gasteiger partial charge in [-0.1, -0.05) is 78.0 Å². The van der Waals surface area contributed by atoms with Crippen molar-refractivity contribution in [1.82, 2.24) is 10.2 Å². The largest absolute Gasteiger partial charge is 0.410 e. The average molecular weight is 452 g/mol. The third-order valence-corrected chi connectivity index (χ3v) is 7.01. The molecule has 1 amide bonds. The summed E-state index contributed by atoms with van der Waals surface area (Å²) in [4.78, 5) is 13.2. The fourth-order valence-corrected chi connectivity index (χ4v) is 5.16. The van der Waals surface area contributed by atoms with Crippen LogP contribution >= 0.6 is 34.7 Å². The molecule has 5 aromatic rings. The second kappa shape index (κ2) is 8.10. The molecule has 2 heterocycles. The second-order valence-electron chi connectivity index (χ2n) is 6.48. The summed E-state index contributed by atoms with van der Waals surface area (Å²) >= 11 is 9.17. The Hall–Kier alpha value is -2.87. The van der Waals surface area contributed by atoms with Gasteiger partial charge >= 0.3 is 0 Å². The Balaban J connectivity index is 1.28. The third-order valence-electron chi connectivity index (χ3n) is 4.53. The summed E-state index contributed by atoms with van der Waals surface area (Å²) in [6.45, 7) is 0. The molecule has 0 atom stereocenters. The molecule has 0 radical (unpaired) electrons. The SMILES string of the molecule is O=C(CSc1nnc(-c2sc3ccccc3c2Cl)o1)Nc1cccc2ccccc12. The number of carbonyl (C=O) groups excluding carboxylic acids is 1. The van der Waals surface area contributed by atoms with Gasteiger partial charge in [-0.2, -0.15) is 0 Å². The third kappa shape index (κ3) is 3.67. The number of nitrogens with one attached hydrogen (secondary N) is 1. The number of hydrogen-bond donors (Lipinski definition) is 1. The highest BCUT2D eigenvalue weighted by Crippen LogP contribution is 2.41. The Kier molecular flexibility index (Phi) is 5.16. The number of thioether (sulfide) groups is 1. The van der Waals surface area contributed by atoms with Crippen LogP contribution in [-0.2, 0) is 4.79 Å². The molecule has 0 aliphatic carbocycles. The Morgan fingerprint density at radius 2 is 1.77 bits per heavy atom. The summed E-state index contributed by atoms with van der Waals surface area (Å²) in [5, 5.41) is 15.1. The first-order valence-electron chi connectivity index (χ1n) is 9.10. The van der Waals surface area contributed by atoms with Crippen molar-refractivity contribution in [2.45, 2.75) is 5.22 Å². The predicted molar refractivity (Wildman–Crippen MR) is 123 cm³/mol. The van der Waals surface area contributed by atoms with Crippen molar-refractivity contribution in [3.05, 3.63) is 71.8 Å². The number of nitrogens with zero attached hydrogens (tertiary/aromatic N) is 2. The molecular weight excluding hydrogens is 438 g/mol. The molecule has 0 aliphatic heterocycles. The van der Waals surface area contributed by atoms with Gasteiger partial charge in [-0.25, -0.2) is 0 Å². The van der Waals surface area contributed by atoms with Crippen LogP contribution in [0.4, 0.5) is 5.69 Å². The number of carbonyl (C=O) groups is 1. The average Bonchev–Trinajstić information content (AvgIpc) is 3.37. The summed E-state index contributed by atoms with van der Waals surface area (Å²) < 4.78 is 6.79. The predicted octanol–water partition coefficient (Wildman–Crippen LogP) is 6.49. The molecule has 5 nitrogen and oxygen atoms in total. The molecule has 1 N–H and O–H groups in total. The molecule has 0 fully saturated rings. The monoisotopic (exact) mass is 451 g/mol. The van der Waals surface area contributed by atoms with Crippen molar-refractivity contribution < 1.29 is 9.21 Å². The molecule has 0 spiro atoms. The highest BCUT2D eigenvalue weighted by Gasteiger charge is 2.18. The van der Waals surface area contributed by atoms with Crippen molar-refractivity contribution in [3.63, 3.8) is 0 Å². The molecule has 0 saturated carbocycles. The fourth-order valence-electron chi connectivity index (χ4n) is 3.16. The van der Waals surface area contributed by atoms with Gasteiger partial charge in [0.25, 0.3) is 11.1 Å². The molecule has 0 unspecified atom stereocenters. The molecule has 2 aromatic heterocycles. The van der Waals surface area contributed by atoms with Gasteiger partial charge in [-0.3, -0.25) is 4.79 Å². The number of benzene rings is 3. The number of rotatable bonds is 5. The van der Waals surface area contributed by atoms with Crippen LogP contribution in [0.5, 0.6) is 0 Å². The number of aromatic nitrogens is 2. The minimum Gasteiger partial charge on any atom is -0.410 e. The highest BCUT2D eigenvalue weighted by molar-refractivity contribution is 7.99. The maximum Gasteiger partial charge on any atom is 0.277 e. The van der Waals surface area contributed by atoms with Crippen molar-refractivity contribution >= 4 is 67.2 Å². The molecule has 5 rings (SSSR count). The maximum absolute atomic E-state index is 12.4. The van der Waals surface area contributed by atoms with Crippen LogP contribution in [0.1, 0.15) is 0 Å². The Labute approximate surface area is 185 Å². The van der Waals surface area contributed by atoms with E-state index in [1.165, 1.54) is 23.1 Å².